The second-order valence-corrected chi connectivity index (χ2v) is 7.76. The summed E-state index contributed by atoms with van der Waals surface area (Å²) >= 11 is 0. The van der Waals surface area contributed by atoms with Crippen LogP contribution in [0.5, 0.6) is 0 Å². The summed E-state index contributed by atoms with van der Waals surface area (Å²) in [7, 11) is -3.37. The van der Waals surface area contributed by atoms with E-state index in [-0.39, 0.29) is 12.2 Å². The van der Waals surface area contributed by atoms with Gasteiger partial charge in [0.2, 0.25) is 0 Å². The third-order valence-electron chi connectivity index (χ3n) is 3.48. The van der Waals surface area contributed by atoms with Gasteiger partial charge in [0.1, 0.15) is 5.82 Å². The Balaban J connectivity index is 2.98. The molecule has 1 N–H and O–H groups in total. The molecular weight excluding hydrogens is 255 g/mol. The smallest absolute Gasteiger partial charge is 0.155 e. The van der Waals surface area contributed by atoms with Crippen molar-refractivity contribution < 1.29 is 17.9 Å². The summed E-state index contributed by atoms with van der Waals surface area (Å²) in [6.45, 7) is 4.72. The van der Waals surface area contributed by atoms with Crippen LogP contribution in [-0.4, -0.2) is 30.6 Å². The van der Waals surface area contributed by atoms with E-state index in [0.29, 0.717) is 5.56 Å². The number of rotatable bonds is 4. The minimum Gasteiger partial charge on any atom is -0.391 e. The summed E-state index contributed by atoms with van der Waals surface area (Å²) in [5.41, 5.74) is 1.46. The maximum absolute atomic E-state index is 12.9. The standard InChI is InChI=1S/C13H19FO3S/c1-9-7-11(14)6-5-10(9)8-12(15)13(2,3)18(4,16)17/h5-7,12,15H,8H2,1-4H3. The molecule has 0 saturated heterocycles. The summed E-state index contributed by atoms with van der Waals surface area (Å²) in [4.78, 5) is 0. The highest BCUT2D eigenvalue weighted by molar-refractivity contribution is 7.92. The van der Waals surface area contributed by atoms with E-state index < -0.39 is 20.7 Å². The highest BCUT2D eigenvalue weighted by Crippen LogP contribution is 2.24. The van der Waals surface area contributed by atoms with Crippen LogP contribution in [0, 0.1) is 12.7 Å². The van der Waals surface area contributed by atoms with Crippen LogP contribution in [0.4, 0.5) is 4.39 Å². The predicted molar refractivity (Wildman–Crippen MR) is 69.8 cm³/mol. The third kappa shape index (κ3) is 3.09. The van der Waals surface area contributed by atoms with Gasteiger partial charge in [-0.05, 0) is 44.0 Å². The lowest BCUT2D eigenvalue weighted by Gasteiger charge is -2.29. The molecular formula is C13H19FO3S. The summed E-state index contributed by atoms with van der Waals surface area (Å²) in [6, 6.07) is 4.25. The van der Waals surface area contributed by atoms with Crippen LogP contribution >= 0.6 is 0 Å². The Morgan fingerprint density at radius 1 is 1.39 bits per heavy atom. The van der Waals surface area contributed by atoms with Crippen LogP contribution in [0.3, 0.4) is 0 Å². The average molecular weight is 274 g/mol. The highest BCUT2D eigenvalue weighted by atomic mass is 32.2. The van der Waals surface area contributed by atoms with Crippen LogP contribution in [0.1, 0.15) is 25.0 Å². The Morgan fingerprint density at radius 2 is 1.94 bits per heavy atom. The molecule has 0 radical (unpaired) electrons. The topological polar surface area (TPSA) is 54.4 Å². The molecule has 0 spiro atoms. The van der Waals surface area contributed by atoms with Gasteiger partial charge < -0.3 is 5.11 Å². The van der Waals surface area contributed by atoms with E-state index >= 15 is 0 Å². The first-order valence-electron chi connectivity index (χ1n) is 5.68. The lowest BCUT2D eigenvalue weighted by molar-refractivity contribution is 0.137. The van der Waals surface area contributed by atoms with Gasteiger partial charge in [0.15, 0.2) is 9.84 Å². The molecule has 1 atom stereocenters. The van der Waals surface area contributed by atoms with Crippen molar-refractivity contribution in [3.8, 4) is 0 Å². The van der Waals surface area contributed by atoms with Crippen molar-refractivity contribution in [2.45, 2.75) is 38.0 Å². The molecule has 0 aliphatic rings. The molecule has 18 heavy (non-hydrogen) atoms. The number of sulfone groups is 1. The molecule has 1 unspecified atom stereocenters. The minimum absolute atomic E-state index is 0.187. The molecule has 1 rings (SSSR count). The summed E-state index contributed by atoms with van der Waals surface area (Å²) in [5, 5.41) is 10.1. The van der Waals surface area contributed by atoms with Gasteiger partial charge in [0.05, 0.1) is 10.9 Å². The lowest BCUT2D eigenvalue weighted by atomic mass is 9.96. The Bertz CT molecular complexity index is 535. The summed E-state index contributed by atoms with van der Waals surface area (Å²) in [6.07, 6.45) is 0.261. The quantitative estimate of drug-likeness (QED) is 0.912. The van der Waals surface area contributed by atoms with Gasteiger partial charge in [-0.1, -0.05) is 6.07 Å². The van der Waals surface area contributed by atoms with E-state index in [2.05, 4.69) is 0 Å². The van der Waals surface area contributed by atoms with Crippen molar-refractivity contribution in [1.29, 1.82) is 0 Å². The third-order valence-corrected chi connectivity index (χ3v) is 5.66. The fourth-order valence-electron chi connectivity index (χ4n) is 1.59. The largest absolute Gasteiger partial charge is 0.391 e. The fraction of sp³-hybridized carbons (Fsp3) is 0.538. The molecule has 0 aliphatic carbocycles. The normalized spacial score (nSPS) is 14.6. The molecule has 0 aliphatic heterocycles. The zero-order valence-electron chi connectivity index (χ0n) is 11.1. The molecule has 1 aromatic carbocycles. The van der Waals surface area contributed by atoms with Gasteiger partial charge in [0.25, 0.3) is 0 Å². The number of aryl methyl sites for hydroxylation is 1. The van der Waals surface area contributed by atoms with Crippen LogP contribution in [-0.2, 0) is 16.3 Å². The van der Waals surface area contributed by atoms with Crippen LogP contribution in [0.15, 0.2) is 18.2 Å². The van der Waals surface area contributed by atoms with Crippen molar-refractivity contribution >= 4 is 9.84 Å². The average Bonchev–Trinajstić information content (AvgIpc) is 2.20. The monoisotopic (exact) mass is 274 g/mol. The Labute approximate surface area is 108 Å². The molecule has 0 fully saturated rings. The Kier molecular flexibility index (Phi) is 4.18. The second kappa shape index (κ2) is 4.97. The van der Waals surface area contributed by atoms with Crippen molar-refractivity contribution in [2.24, 2.45) is 0 Å². The first-order valence-corrected chi connectivity index (χ1v) is 7.57. The SMILES string of the molecule is Cc1cc(F)ccc1CC(O)C(C)(C)S(C)(=O)=O. The number of halogens is 1. The molecule has 0 heterocycles. The zero-order chi connectivity index (χ0) is 14.1. The maximum atomic E-state index is 12.9. The number of hydrogen-bond donors (Lipinski definition) is 1. The van der Waals surface area contributed by atoms with Crippen LogP contribution in [0.25, 0.3) is 0 Å². The lowest BCUT2D eigenvalue weighted by Crippen LogP contribution is -2.44. The Hall–Kier alpha value is -0.940. The summed E-state index contributed by atoms with van der Waals surface area (Å²) in [5.74, 6) is -0.340. The van der Waals surface area contributed by atoms with E-state index in [1.54, 1.807) is 13.0 Å². The van der Waals surface area contributed by atoms with E-state index in [4.69, 9.17) is 0 Å². The van der Waals surface area contributed by atoms with E-state index in [0.717, 1.165) is 11.8 Å². The van der Waals surface area contributed by atoms with E-state index in [1.807, 2.05) is 0 Å². The van der Waals surface area contributed by atoms with E-state index in [1.165, 1.54) is 26.0 Å². The predicted octanol–water partition coefficient (Wildman–Crippen LogP) is 1.86. The first-order chi connectivity index (χ1) is 8.05. The molecule has 0 saturated carbocycles. The van der Waals surface area contributed by atoms with Crippen LogP contribution < -0.4 is 0 Å². The number of benzene rings is 1. The Morgan fingerprint density at radius 3 is 2.39 bits per heavy atom. The van der Waals surface area contributed by atoms with Crippen molar-refractivity contribution in [1.82, 2.24) is 0 Å². The van der Waals surface area contributed by atoms with Gasteiger partial charge in [0, 0.05) is 12.7 Å². The van der Waals surface area contributed by atoms with Gasteiger partial charge in [-0.3, -0.25) is 0 Å². The molecule has 102 valence electrons. The molecule has 3 nitrogen and oxygen atoms in total. The molecule has 0 bridgehead atoms. The minimum atomic E-state index is -3.37. The van der Waals surface area contributed by atoms with Gasteiger partial charge in [-0.15, -0.1) is 0 Å². The summed E-state index contributed by atoms with van der Waals surface area (Å²) < 4.78 is 34.9. The van der Waals surface area contributed by atoms with Crippen LogP contribution in [0.2, 0.25) is 0 Å². The number of aliphatic hydroxyl groups excluding tert-OH is 1. The number of aliphatic hydroxyl groups is 1. The maximum Gasteiger partial charge on any atom is 0.155 e. The highest BCUT2D eigenvalue weighted by Gasteiger charge is 2.38. The van der Waals surface area contributed by atoms with Gasteiger partial charge in [-0.2, -0.15) is 0 Å². The van der Waals surface area contributed by atoms with Crippen molar-refractivity contribution in [2.75, 3.05) is 6.26 Å². The number of hydrogen-bond acceptors (Lipinski definition) is 3. The molecule has 0 aromatic heterocycles. The molecule has 5 heteroatoms. The van der Waals surface area contributed by atoms with E-state index in [9.17, 15) is 17.9 Å². The van der Waals surface area contributed by atoms with Crippen molar-refractivity contribution in [3.63, 3.8) is 0 Å². The fourth-order valence-corrected chi connectivity index (χ4v) is 2.17. The first kappa shape index (κ1) is 15.1. The van der Waals surface area contributed by atoms with Crippen molar-refractivity contribution in [3.05, 3.63) is 35.1 Å². The zero-order valence-corrected chi connectivity index (χ0v) is 11.9. The van der Waals surface area contributed by atoms with Gasteiger partial charge in [-0.25, -0.2) is 12.8 Å². The molecule has 1 aromatic rings. The second-order valence-electron chi connectivity index (χ2n) is 5.17. The van der Waals surface area contributed by atoms with Gasteiger partial charge >= 0.3 is 0 Å². The molecule has 0 amide bonds.